The Balaban J connectivity index is 1.52. The summed E-state index contributed by atoms with van der Waals surface area (Å²) in [5.41, 5.74) is 3.97. The third kappa shape index (κ3) is 3.72. The summed E-state index contributed by atoms with van der Waals surface area (Å²) in [7, 11) is 0. The summed E-state index contributed by atoms with van der Waals surface area (Å²) in [6.45, 7) is 4.09. The molecule has 0 aliphatic heterocycles. The third-order valence-electron chi connectivity index (χ3n) is 3.93. The second kappa shape index (κ2) is 7.50. The van der Waals surface area contributed by atoms with Crippen LogP contribution >= 0.6 is 23.4 Å². The maximum atomic E-state index is 6.18. The van der Waals surface area contributed by atoms with Gasteiger partial charge in [0.1, 0.15) is 0 Å². The van der Waals surface area contributed by atoms with Crippen molar-refractivity contribution in [1.29, 1.82) is 0 Å². The van der Waals surface area contributed by atoms with E-state index in [0.29, 0.717) is 27.6 Å². The van der Waals surface area contributed by atoms with Crippen molar-refractivity contribution in [3.8, 4) is 17.1 Å². The Morgan fingerprint density at radius 2 is 2.00 bits per heavy atom. The predicted molar refractivity (Wildman–Crippen MR) is 103 cm³/mol. The molecule has 0 unspecified atom stereocenters. The molecule has 7 nitrogen and oxygen atoms in total. The molecule has 2 aromatic heterocycles. The zero-order valence-corrected chi connectivity index (χ0v) is 16.2. The summed E-state index contributed by atoms with van der Waals surface area (Å²) in [6, 6.07) is 13.5. The third-order valence-corrected chi connectivity index (χ3v) is 5.16. The molecule has 4 aromatic rings. The Hall–Kier alpha value is -2.71. The van der Waals surface area contributed by atoms with Crippen LogP contribution in [0.25, 0.3) is 17.1 Å². The van der Waals surface area contributed by atoms with Gasteiger partial charge in [-0.3, -0.25) is 0 Å². The van der Waals surface area contributed by atoms with E-state index in [4.69, 9.17) is 16.1 Å². The van der Waals surface area contributed by atoms with Gasteiger partial charge in [0.25, 0.3) is 0 Å². The van der Waals surface area contributed by atoms with Crippen molar-refractivity contribution < 1.29 is 4.52 Å². The Labute approximate surface area is 164 Å². The molecule has 4 rings (SSSR count). The van der Waals surface area contributed by atoms with E-state index in [-0.39, 0.29) is 0 Å². The van der Waals surface area contributed by atoms with E-state index in [9.17, 15) is 0 Å². The van der Waals surface area contributed by atoms with Gasteiger partial charge in [-0.25, -0.2) is 0 Å². The van der Waals surface area contributed by atoms with Crippen LogP contribution in [0, 0.1) is 13.8 Å². The maximum Gasteiger partial charge on any atom is 0.237 e. The highest BCUT2D eigenvalue weighted by molar-refractivity contribution is 7.98. The van der Waals surface area contributed by atoms with Gasteiger partial charge in [-0.2, -0.15) is 9.67 Å². The van der Waals surface area contributed by atoms with Gasteiger partial charge >= 0.3 is 0 Å². The summed E-state index contributed by atoms with van der Waals surface area (Å²) in [6.07, 6.45) is 0. The molecule has 0 bridgehead atoms. The van der Waals surface area contributed by atoms with Crippen molar-refractivity contribution >= 4 is 23.4 Å². The number of hydrogen-bond donors (Lipinski definition) is 0. The van der Waals surface area contributed by atoms with Gasteiger partial charge in [0.2, 0.25) is 16.9 Å². The number of tetrazole rings is 1. The van der Waals surface area contributed by atoms with Crippen LogP contribution in [0.3, 0.4) is 0 Å². The lowest BCUT2D eigenvalue weighted by Gasteiger charge is -2.07. The quantitative estimate of drug-likeness (QED) is 0.464. The Bertz CT molecular complexity index is 1090. The smallest absolute Gasteiger partial charge is 0.237 e. The van der Waals surface area contributed by atoms with Crippen LogP contribution < -0.4 is 0 Å². The highest BCUT2D eigenvalue weighted by Crippen LogP contribution is 2.27. The van der Waals surface area contributed by atoms with Crippen LogP contribution in [-0.4, -0.2) is 30.3 Å². The Kier molecular flexibility index (Phi) is 4.91. The molecule has 2 heterocycles. The minimum atomic E-state index is 0.447. The first-order valence-corrected chi connectivity index (χ1v) is 9.54. The van der Waals surface area contributed by atoms with Gasteiger partial charge in [0, 0.05) is 5.56 Å². The maximum absolute atomic E-state index is 6.18. The van der Waals surface area contributed by atoms with E-state index in [1.807, 2.05) is 37.3 Å². The van der Waals surface area contributed by atoms with Crippen molar-refractivity contribution in [2.75, 3.05) is 0 Å². The summed E-state index contributed by atoms with van der Waals surface area (Å²) >= 11 is 7.61. The molecule has 0 aliphatic rings. The molecular formula is C18H15ClN6OS. The first-order chi connectivity index (χ1) is 13.1. The van der Waals surface area contributed by atoms with Crippen LogP contribution in [0.1, 0.15) is 17.0 Å². The Morgan fingerprint density at radius 1 is 1.15 bits per heavy atom. The van der Waals surface area contributed by atoms with Crippen LogP contribution in [0.4, 0.5) is 0 Å². The normalized spacial score (nSPS) is 11.1. The molecule has 136 valence electrons. The molecule has 9 heteroatoms. The van der Waals surface area contributed by atoms with Gasteiger partial charge in [-0.05, 0) is 48.0 Å². The van der Waals surface area contributed by atoms with Crippen LogP contribution in [0.5, 0.6) is 0 Å². The molecule has 0 saturated carbocycles. The number of benzene rings is 2. The van der Waals surface area contributed by atoms with Gasteiger partial charge in [0.05, 0.1) is 16.5 Å². The van der Waals surface area contributed by atoms with E-state index in [1.165, 1.54) is 17.3 Å². The first kappa shape index (κ1) is 17.7. The van der Waals surface area contributed by atoms with Crippen molar-refractivity contribution in [3.63, 3.8) is 0 Å². The molecule has 0 fully saturated rings. The summed E-state index contributed by atoms with van der Waals surface area (Å²) in [5.74, 6) is 1.39. The fourth-order valence-corrected chi connectivity index (χ4v) is 3.60. The SMILES string of the molecule is Cc1ccc(-n2nnnc2SCc2nc(-c3ccccc3Cl)no2)c(C)c1. The average molecular weight is 399 g/mol. The molecule has 0 N–H and O–H groups in total. The summed E-state index contributed by atoms with van der Waals surface area (Å²) < 4.78 is 7.05. The molecule has 27 heavy (non-hydrogen) atoms. The predicted octanol–water partition coefficient (Wildman–Crippen LogP) is 4.27. The summed E-state index contributed by atoms with van der Waals surface area (Å²) in [5, 5.41) is 17.2. The van der Waals surface area contributed by atoms with Gasteiger partial charge in [-0.15, -0.1) is 5.10 Å². The zero-order valence-electron chi connectivity index (χ0n) is 14.6. The lowest BCUT2D eigenvalue weighted by molar-refractivity contribution is 0.391. The number of rotatable bonds is 5. The van der Waals surface area contributed by atoms with Crippen molar-refractivity contribution in [3.05, 3.63) is 64.5 Å². The lowest BCUT2D eigenvalue weighted by atomic mass is 10.1. The van der Waals surface area contributed by atoms with E-state index >= 15 is 0 Å². The second-order valence-corrected chi connectivity index (χ2v) is 7.29. The molecule has 0 radical (unpaired) electrons. The minimum absolute atomic E-state index is 0.447. The molecular weight excluding hydrogens is 384 g/mol. The van der Waals surface area contributed by atoms with Crippen LogP contribution in [0.15, 0.2) is 52.1 Å². The summed E-state index contributed by atoms with van der Waals surface area (Å²) in [4.78, 5) is 4.41. The molecule has 2 aromatic carbocycles. The second-order valence-electron chi connectivity index (χ2n) is 5.94. The monoisotopic (exact) mass is 398 g/mol. The molecule has 0 saturated heterocycles. The van der Waals surface area contributed by atoms with Crippen LogP contribution in [-0.2, 0) is 5.75 Å². The van der Waals surface area contributed by atoms with E-state index in [1.54, 1.807) is 10.7 Å². The molecule has 0 spiro atoms. The largest absolute Gasteiger partial charge is 0.338 e. The van der Waals surface area contributed by atoms with E-state index in [0.717, 1.165) is 16.8 Å². The fraction of sp³-hybridized carbons (Fsp3) is 0.167. The van der Waals surface area contributed by atoms with Gasteiger partial charge < -0.3 is 4.52 Å². The Morgan fingerprint density at radius 3 is 2.81 bits per heavy atom. The zero-order chi connectivity index (χ0) is 18.8. The minimum Gasteiger partial charge on any atom is -0.338 e. The van der Waals surface area contributed by atoms with Gasteiger partial charge in [-0.1, -0.05) is 58.3 Å². The number of hydrogen-bond acceptors (Lipinski definition) is 7. The molecule has 0 amide bonds. The van der Waals surface area contributed by atoms with E-state index in [2.05, 4.69) is 38.7 Å². The highest BCUT2D eigenvalue weighted by atomic mass is 35.5. The highest BCUT2D eigenvalue weighted by Gasteiger charge is 2.15. The number of nitrogens with zero attached hydrogens (tertiary/aromatic N) is 6. The topological polar surface area (TPSA) is 82.5 Å². The molecule has 0 aliphatic carbocycles. The average Bonchev–Trinajstić information content (AvgIpc) is 3.30. The van der Waals surface area contributed by atoms with Crippen LogP contribution in [0.2, 0.25) is 5.02 Å². The fourth-order valence-electron chi connectivity index (χ4n) is 2.65. The number of halogens is 1. The van der Waals surface area contributed by atoms with Gasteiger partial charge in [0.15, 0.2) is 0 Å². The van der Waals surface area contributed by atoms with E-state index < -0.39 is 0 Å². The number of aromatic nitrogens is 6. The number of thioether (sulfide) groups is 1. The number of aryl methyl sites for hydroxylation is 2. The van der Waals surface area contributed by atoms with Crippen molar-refractivity contribution in [2.24, 2.45) is 0 Å². The lowest BCUT2D eigenvalue weighted by Crippen LogP contribution is -2.02. The first-order valence-electron chi connectivity index (χ1n) is 8.18. The molecule has 0 atom stereocenters. The van der Waals surface area contributed by atoms with Crippen molar-refractivity contribution in [2.45, 2.75) is 24.8 Å². The van der Waals surface area contributed by atoms with Crippen molar-refractivity contribution in [1.82, 2.24) is 30.3 Å². The standard InChI is InChI=1S/C18H15ClN6OS/c1-11-7-8-15(12(2)9-11)25-18(21-23-24-25)27-10-16-20-17(22-26-16)13-5-3-4-6-14(13)19/h3-9H,10H2,1-2H3.